The minimum absolute atomic E-state index is 0.377. The minimum atomic E-state index is 0.377. The molecular weight excluding hydrogens is 188 g/mol. The van der Waals surface area contributed by atoms with Crippen LogP contribution in [0.25, 0.3) is 0 Å². The van der Waals surface area contributed by atoms with Crippen molar-refractivity contribution in [3.8, 4) is 0 Å². The molecule has 15 heavy (non-hydrogen) atoms. The molecule has 4 nitrogen and oxygen atoms in total. The van der Waals surface area contributed by atoms with Crippen molar-refractivity contribution in [3.05, 3.63) is 11.9 Å². The molecule has 1 saturated heterocycles. The monoisotopic (exact) mass is 206 g/mol. The lowest BCUT2D eigenvalue weighted by Crippen LogP contribution is -2.22. The van der Waals surface area contributed by atoms with Gasteiger partial charge in [-0.2, -0.15) is 0 Å². The molecule has 0 unspecified atom stereocenters. The van der Waals surface area contributed by atoms with Crippen LogP contribution < -0.4 is 10.6 Å². The Labute approximate surface area is 90.5 Å². The fourth-order valence-electron chi connectivity index (χ4n) is 2.13. The van der Waals surface area contributed by atoms with Crippen LogP contribution in [0.3, 0.4) is 0 Å². The standard InChI is InChI=1S/C11H18N4/c1-8(2)9-10(12)13-7-14-11(9)15-5-3-4-6-15/h7-8H,3-6H2,1-2H3,(H2,12,13,14). The summed E-state index contributed by atoms with van der Waals surface area (Å²) < 4.78 is 0. The predicted octanol–water partition coefficient (Wildman–Crippen LogP) is 1.78. The molecule has 1 aromatic heterocycles. The lowest BCUT2D eigenvalue weighted by Gasteiger charge is -2.22. The van der Waals surface area contributed by atoms with E-state index in [9.17, 15) is 0 Å². The number of anilines is 2. The van der Waals surface area contributed by atoms with E-state index >= 15 is 0 Å². The van der Waals surface area contributed by atoms with Crippen molar-refractivity contribution in [3.63, 3.8) is 0 Å². The lowest BCUT2D eigenvalue weighted by molar-refractivity contribution is 0.821. The van der Waals surface area contributed by atoms with Gasteiger partial charge < -0.3 is 10.6 Å². The van der Waals surface area contributed by atoms with Crippen molar-refractivity contribution in [1.82, 2.24) is 9.97 Å². The summed E-state index contributed by atoms with van der Waals surface area (Å²) in [7, 11) is 0. The number of hydrogen-bond donors (Lipinski definition) is 1. The van der Waals surface area contributed by atoms with Crippen molar-refractivity contribution in [2.24, 2.45) is 0 Å². The number of aromatic nitrogens is 2. The molecule has 1 aliphatic heterocycles. The Morgan fingerprint density at radius 3 is 2.53 bits per heavy atom. The molecule has 2 rings (SSSR count). The van der Waals surface area contributed by atoms with Crippen molar-refractivity contribution in [1.29, 1.82) is 0 Å². The topological polar surface area (TPSA) is 55.0 Å². The third-order valence-electron chi connectivity index (χ3n) is 2.88. The first-order chi connectivity index (χ1) is 7.20. The number of hydrogen-bond acceptors (Lipinski definition) is 4. The molecule has 0 spiro atoms. The normalized spacial score (nSPS) is 16.3. The molecule has 2 N–H and O–H groups in total. The third kappa shape index (κ3) is 1.89. The molecule has 0 atom stereocenters. The molecule has 1 aliphatic rings. The van der Waals surface area contributed by atoms with E-state index in [1.54, 1.807) is 6.33 Å². The van der Waals surface area contributed by atoms with Crippen molar-refractivity contribution in [2.75, 3.05) is 23.7 Å². The van der Waals surface area contributed by atoms with Crippen LogP contribution in [0, 0.1) is 0 Å². The van der Waals surface area contributed by atoms with Gasteiger partial charge in [0.25, 0.3) is 0 Å². The van der Waals surface area contributed by atoms with Crippen LogP contribution in [-0.2, 0) is 0 Å². The lowest BCUT2D eigenvalue weighted by atomic mass is 10.0. The fourth-order valence-corrected chi connectivity index (χ4v) is 2.13. The Bertz CT molecular complexity index is 342. The van der Waals surface area contributed by atoms with Crippen molar-refractivity contribution >= 4 is 11.6 Å². The average Bonchev–Trinajstić information content (AvgIpc) is 2.69. The molecule has 1 aromatic rings. The number of rotatable bonds is 2. The van der Waals surface area contributed by atoms with Crippen LogP contribution in [0.5, 0.6) is 0 Å². The van der Waals surface area contributed by atoms with Gasteiger partial charge in [-0.1, -0.05) is 13.8 Å². The van der Waals surface area contributed by atoms with Crippen LogP contribution in [0.15, 0.2) is 6.33 Å². The molecule has 0 radical (unpaired) electrons. The summed E-state index contributed by atoms with van der Waals surface area (Å²) in [6.45, 7) is 6.45. The van der Waals surface area contributed by atoms with E-state index < -0.39 is 0 Å². The van der Waals surface area contributed by atoms with E-state index in [2.05, 4.69) is 28.7 Å². The SMILES string of the molecule is CC(C)c1c(N)ncnc1N1CCCC1. The molecular formula is C11H18N4. The first-order valence-corrected chi connectivity index (χ1v) is 5.55. The van der Waals surface area contributed by atoms with Gasteiger partial charge >= 0.3 is 0 Å². The number of nitrogen functional groups attached to an aromatic ring is 1. The second kappa shape index (κ2) is 4.04. The van der Waals surface area contributed by atoms with Gasteiger partial charge in [0.15, 0.2) is 0 Å². The highest BCUT2D eigenvalue weighted by Gasteiger charge is 2.20. The van der Waals surface area contributed by atoms with Crippen LogP contribution >= 0.6 is 0 Å². The summed E-state index contributed by atoms with van der Waals surface area (Å²) in [6.07, 6.45) is 4.07. The highest BCUT2D eigenvalue weighted by atomic mass is 15.2. The Morgan fingerprint density at radius 1 is 1.27 bits per heavy atom. The van der Waals surface area contributed by atoms with Crippen molar-refractivity contribution < 1.29 is 0 Å². The van der Waals surface area contributed by atoms with Gasteiger partial charge in [-0.3, -0.25) is 0 Å². The minimum Gasteiger partial charge on any atom is -0.383 e. The maximum Gasteiger partial charge on any atom is 0.137 e. The Kier molecular flexibility index (Phi) is 2.75. The van der Waals surface area contributed by atoms with E-state index in [1.165, 1.54) is 12.8 Å². The first kappa shape index (κ1) is 10.2. The third-order valence-corrected chi connectivity index (χ3v) is 2.88. The smallest absolute Gasteiger partial charge is 0.137 e. The molecule has 1 fully saturated rings. The highest BCUT2D eigenvalue weighted by Crippen LogP contribution is 2.30. The summed E-state index contributed by atoms with van der Waals surface area (Å²) >= 11 is 0. The average molecular weight is 206 g/mol. The zero-order chi connectivity index (χ0) is 10.8. The van der Waals surface area contributed by atoms with Gasteiger partial charge in [0, 0.05) is 18.7 Å². The van der Waals surface area contributed by atoms with Gasteiger partial charge in [-0.05, 0) is 18.8 Å². The molecule has 0 aliphatic carbocycles. The predicted molar refractivity (Wildman–Crippen MR) is 62.0 cm³/mol. The maximum atomic E-state index is 5.91. The maximum absolute atomic E-state index is 5.91. The number of nitrogens with two attached hydrogens (primary N) is 1. The second-order valence-corrected chi connectivity index (χ2v) is 4.35. The van der Waals surface area contributed by atoms with Crippen molar-refractivity contribution in [2.45, 2.75) is 32.6 Å². The molecule has 0 amide bonds. The molecule has 2 heterocycles. The zero-order valence-corrected chi connectivity index (χ0v) is 9.40. The van der Waals surface area contributed by atoms with E-state index in [4.69, 9.17) is 5.73 Å². The first-order valence-electron chi connectivity index (χ1n) is 5.55. The Morgan fingerprint density at radius 2 is 1.93 bits per heavy atom. The van der Waals surface area contributed by atoms with Crippen LogP contribution in [0.4, 0.5) is 11.6 Å². The quantitative estimate of drug-likeness (QED) is 0.801. The second-order valence-electron chi connectivity index (χ2n) is 4.35. The molecule has 82 valence electrons. The summed E-state index contributed by atoms with van der Waals surface area (Å²) in [5, 5.41) is 0. The van der Waals surface area contributed by atoms with Gasteiger partial charge in [-0.15, -0.1) is 0 Å². The zero-order valence-electron chi connectivity index (χ0n) is 9.40. The van der Waals surface area contributed by atoms with Crippen LogP contribution in [0.2, 0.25) is 0 Å². The molecule has 4 heteroatoms. The van der Waals surface area contributed by atoms with Gasteiger partial charge in [-0.25, -0.2) is 9.97 Å². The summed E-state index contributed by atoms with van der Waals surface area (Å²) in [4.78, 5) is 10.8. The van der Waals surface area contributed by atoms with Gasteiger partial charge in [0.2, 0.25) is 0 Å². The fraction of sp³-hybridized carbons (Fsp3) is 0.636. The van der Waals surface area contributed by atoms with Gasteiger partial charge in [0.1, 0.15) is 18.0 Å². The summed E-state index contributed by atoms with van der Waals surface area (Å²) in [5.74, 6) is 2.04. The van der Waals surface area contributed by atoms with E-state index in [0.717, 1.165) is 24.5 Å². The van der Waals surface area contributed by atoms with Gasteiger partial charge in [0.05, 0.1) is 0 Å². The van der Waals surface area contributed by atoms with E-state index in [0.29, 0.717) is 11.7 Å². The highest BCUT2D eigenvalue weighted by molar-refractivity contribution is 5.58. The van der Waals surface area contributed by atoms with E-state index in [1.807, 2.05) is 0 Å². The Balaban J connectivity index is 2.40. The summed E-state index contributed by atoms with van der Waals surface area (Å²) in [5.41, 5.74) is 7.01. The molecule has 0 bridgehead atoms. The number of nitrogens with zero attached hydrogens (tertiary/aromatic N) is 3. The van der Waals surface area contributed by atoms with Crippen LogP contribution in [-0.4, -0.2) is 23.1 Å². The largest absolute Gasteiger partial charge is 0.383 e. The molecule has 0 aromatic carbocycles. The summed E-state index contributed by atoms with van der Waals surface area (Å²) in [6, 6.07) is 0. The van der Waals surface area contributed by atoms with Crippen LogP contribution in [0.1, 0.15) is 38.2 Å². The Hall–Kier alpha value is -1.32. The van der Waals surface area contributed by atoms with E-state index in [-0.39, 0.29) is 0 Å². The molecule has 0 saturated carbocycles.